The molecule has 0 amide bonds. The highest BCUT2D eigenvalue weighted by molar-refractivity contribution is 6.12. The molecule has 30 heavy (non-hydrogen) atoms. The number of aliphatic hydroxyl groups excluding tert-OH is 2. The topological polar surface area (TPSA) is 62.2 Å². The van der Waals surface area contributed by atoms with E-state index in [0.29, 0.717) is 17.4 Å². The molecule has 0 spiro atoms. The van der Waals surface area contributed by atoms with Crippen LogP contribution in [0.1, 0.15) is 36.1 Å². The van der Waals surface area contributed by atoms with Gasteiger partial charge >= 0.3 is 0 Å². The van der Waals surface area contributed by atoms with Crippen LogP contribution in [0.4, 0.5) is 0 Å². The third-order valence-corrected chi connectivity index (χ3v) is 6.17. The normalized spacial score (nSPS) is 14.5. The monoisotopic (exact) mass is 409 g/mol. The summed E-state index contributed by atoms with van der Waals surface area (Å²) in [7, 11) is 3.29. The lowest BCUT2D eigenvalue weighted by atomic mass is 9.86. The minimum Gasteiger partial charge on any atom is -0.496 e. The predicted molar refractivity (Wildman–Crippen MR) is 120 cm³/mol. The van der Waals surface area contributed by atoms with Crippen LogP contribution in [0.2, 0.25) is 0 Å². The summed E-state index contributed by atoms with van der Waals surface area (Å²) >= 11 is 0. The number of methoxy groups -OCH3 is 2. The molecule has 1 heterocycles. The SMILES string of the molecule is COc1cc2c3c(c4cc(OC)c(CO)cc4c2cc1CO)CN(CC(C)C)CC3. The second-order valence-electron chi connectivity index (χ2n) is 8.57. The molecule has 0 atom stereocenters. The Bertz CT molecular complexity index is 1090. The van der Waals surface area contributed by atoms with Crippen molar-refractivity contribution in [3.63, 3.8) is 0 Å². The zero-order valence-electron chi connectivity index (χ0n) is 18.3. The van der Waals surface area contributed by atoms with Gasteiger partial charge in [0.2, 0.25) is 0 Å². The van der Waals surface area contributed by atoms with Crippen LogP contribution in [-0.4, -0.2) is 42.4 Å². The number of hydrogen-bond donors (Lipinski definition) is 2. The molecule has 3 aromatic rings. The molecule has 1 aliphatic heterocycles. The molecular weight excluding hydrogens is 378 g/mol. The lowest BCUT2D eigenvalue weighted by Gasteiger charge is -2.32. The number of ether oxygens (including phenoxy) is 2. The fourth-order valence-corrected chi connectivity index (χ4v) is 4.86. The van der Waals surface area contributed by atoms with Gasteiger partial charge in [-0.3, -0.25) is 4.90 Å². The number of benzene rings is 3. The van der Waals surface area contributed by atoms with Crippen LogP contribution in [0.3, 0.4) is 0 Å². The molecule has 0 bridgehead atoms. The van der Waals surface area contributed by atoms with Crippen molar-refractivity contribution < 1.29 is 19.7 Å². The highest BCUT2D eigenvalue weighted by Crippen LogP contribution is 2.41. The molecule has 2 N–H and O–H groups in total. The first-order valence-electron chi connectivity index (χ1n) is 10.6. The predicted octanol–water partition coefficient (Wildman–Crippen LogP) is 4.01. The lowest BCUT2D eigenvalue weighted by molar-refractivity contribution is 0.228. The summed E-state index contributed by atoms with van der Waals surface area (Å²) in [6.07, 6.45) is 0.972. The Morgan fingerprint density at radius 2 is 1.37 bits per heavy atom. The van der Waals surface area contributed by atoms with Gasteiger partial charge < -0.3 is 19.7 Å². The van der Waals surface area contributed by atoms with E-state index < -0.39 is 0 Å². The third-order valence-electron chi connectivity index (χ3n) is 6.17. The molecule has 5 heteroatoms. The van der Waals surface area contributed by atoms with Gasteiger partial charge in [0, 0.05) is 30.8 Å². The maximum atomic E-state index is 9.90. The number of aliphatic hydroxyl groups is 2. The zero-order valence-corrected chi connectivity index (χ0v) is 18.3. The average Bonchev–Trinajstić information content (AvgIpc) is 2.76. The molecule has 0 aliphatic carbocycles. The first kappa shape index (κ1) is 20.9. The van der Waals surface area contributed by atoms with Gasteiger partial charge in [0.05, 0.1) is 27.4 Å². The van der Waals surface area contributed by atoms with Crippen LogP contribution in [0.25, 0.3) is 21.5 Å². The smallest absolute Gasteiger partial charge is 0.125 e. The summed E-state index contributed by atoms with van der Waals surface area (Å²) in [5.74, 6) is 2.04. The van der Waals surface area contributed by atoms with Crippen molar-refractivity contribution in [1.82, 2.24) is 4.90 Å². The van der Waals surface area contributed by atoms with Gasteiger partial charge in [-0.1, -0.05) is 13.8 Å². The fourth-order valence-electron chi connectivity index (χ4n) is 4.86. The van der Waals surface area contributed by atoms with Crippen molar-refractivity contribution in [2.24, 2.45) is 5.92 Å². The highest BCUT2D eigenvalue weighted by atomic mass is 16.5. The van der Waals surface area contributed by atoms with Gasteiger partial charge in [0.15, 0.2) is 0 Å². The van der Waals surface area contributed by atoms with Gasteiger partial charge in [0.1, 0.15) is 11.5 Å². The maximum Gasteiger partial charge on any atom is 0.125 e. The number of fused-ring (bicyclic) bond motifs is 6. The van der Waals surface area contributed by atoms with Crippen molar-refractivity contribution >= 4 is 21.5 Å². The Morgan fingerprint density at radius 3 is 1.83 bits per heavy atom. The lowest BCUT2D eigenvalue weighted by Crippen LogP contribution is -2.33. The molecule has 0 saturated heterocycles. The molecule has 0 saturated carbocycles. The Balaban J connectivity index is 2.06. The summed E-state index contributed by atoms with van der Waals surface area (Å²) in [5.41, 5.74) is 4.21. The van der Waals surface area contributed by atoms with E-state index in [2.05, 4.69) is 30.9 Å². The first-order valence-corrected chi connectivity index (χ1v) is 10.6. The van der Waals surface area contributed by atoms with Crippen LogP contribution >= 0.6 is 0 Å². The van der Waals surface area contributed by atoms with Crippen LogP contribution in [-0.2, 0) is 26.2 Å². The van der Waals surface area contributed by atoms with Crippen LogP contribution in [0.5, 0.6) is 11.5 Å². The molecule has 0 radical (unpaired) electrons. The fraction of sp³-hybridized carbons (Fsp3) is 0.440. The van der Waals surface area contributed by atoms with E-state index >= 15 is 0 Å². The second kappa shape index (κ2) is 8.42. The summed E-state index contributed by atoms with van der Waals surface area (Å²) in [6, 6.07) is 8.21. The molecule has 160 valence electrons. The number of hydrogen-bond acceptors (Lipinski definition) is 5. The van der Waals surface area contributed by atoms with Crippen molar-refractivity contribution in [3.05, 3.63) is 46.5 Å². The molecule has 0 unspecified atom stereocenters. The van der Waals surface area contributed by atoms with Gasteiger partial charge in [-0.2, -0.15) is 0 Å². The quantitative estimate of drug-likeness (QED) is 0.603. The van der Waals surface area contributed by atoms with E-state index in [1.54, 1.807) is 14.2 Å². The van der Waals surface area contributed by atoms with E-state index in [1.165, 1.54) is 16.5 Å². The minimum absolute atomic E-state index is 0.0805. The molecule has 0 fully saturated rings. The molecule has 3 aromatic carbocycles. The van der Waals surface area contributed by atoms with Gasteiger partial charge in [0.25, 0.3) is 0 Å². The van der Waals surface area contributed by atoms with E-state index in [0.717, 1.165) is 53.3 Å². The highest BCUT2D eigenvalue weighted by Gasteiger charge is 2.24. The van der Waals surface area contributed by atoms with Crippen molar-refractivity contribution in [3.8, 4) is 11.5 Å². The Hall–Kier alpha value is -2.34. The second-order valence-corrected chi connectivity index (χ2v) is 8.57. The third kappa shape index (κ3) is 3.51. The van der Waals surface area contributed by atoms with Gasteiger partial charge in [-0.15, -0.1) is 0 Å². The summed E-state index contributed by atoms with van der Waals surface area (Å²) in [5, 5.41) is 24.3. The average molecular weight is 410 g/mol. The maximum absolute atomic E-state index is 9.90. The Labute approximate surface area is 177 Å². The van der Waals surface area contributed by atoms with Crippen molar-refractivity contribution in [2.45, 2.75) is 40.0 Å². The molecule has 5 nitrogen and oxygen atoms in total. The number of nitrogens with zero attached hydrogens (tertiary/aromatic N) is 1. The summed E-state index contributed by atoms with van der Waals surface area (Å²) in [6.45, 7) is 7.34. The van der Waals surface area contributed by atoms with Gasteiger partial charge in [-0.05, 0) is 69.3 Å². The minimum atomic E-state index is -0.0832. The van der Waals surface area contributed by atoms with Gasteiger partial charge in [-0.25, -0.2) is 0 Å². The Kier molecular flexibility index (Phi) is 5.87. The van der Waals surface area contributed by atoms with Crippen LogP contribution in [0, 0.1) is 5.92 Å². The van der Waals surface area contributed by atoms with Crippen LogP contribution in [0.15, 0.2) is 24.3 Å². The zero-order chi connectivity index (χ0) is 21.4. The first-order chi connectivity index (χ1) is 14.5. The van der Waals surface area contributed by atoms with Crippen LogP contribution < -0.4 is 9.47 Å². The standard InChI is InChI=1S/C25H31NO4/c1-15(2)11-26-6-5-18-21-9-24(29-3)16(13-27)7-19(21)20-8-17(14-28)25(30-4)10-22(20)23(18)12-26/h7-10,15,27-28H,5-6,11-14H2,1-4H3. The van der Waals surface area contributed by atoms with E-state index in [9.17, 15) is 10.2 Å². The van der Waals surface area contributed by atoms with Crippen molar-refractivity contribution in [2.75, 3.05) is 27.3 Å². The van der Waals surface area contributed by atoms with E-state index in [-0.39, 0.29) is 13.2 Å². The molecule has 0 aromatic heterocycles. The Morgan fingerprint density at radius 1 is 0.833 bits per heavy atom. The van der Waals surface area contributed by atoms with E-state index in [4.69, 9.17) is 9.47 Å². The summed E-state index contributed by atoms with van der Waals surface area (Å²) < 4.78 is 11.2. The molecule has 4 rings (SSSR count). The molecular formula is C25H31NO4. The molecule has 1 aliphatic rings. The largest absolute Gasteiger partial charge is 0.496 e. The summed E-state index contributed by atoms with van der Waals surface area (Å²) in [4.78, 5) is 2.52. The van der Waals surface area contributed by atoms with E-state index in [1.807, 2.05) is 12.1 Å². The number of rotatable bonds is 6. The van der Waals surface area contributed by atoms with Crippen molar-refractivity contribution in [1.29, 1.82) is 0 Å².